The lowest BCUT2D eigenvalue weighted by Crippen LogP contribution is -2.49. The molecule has 0 aliphatic heterocycles. The van der Waals surface area contributed by atoms with E-state index < -0.39 is 32.7 Å². The van der Waals surface area contributed by atoms with Crippen molar-refractivity contribution in [3.05, 3.63) is 53.8 Å². The number of methoxy groups -OCH3 is 2. The number of nitrogens with one attached hydrogen (secondary N) is 2. The predicted octanol–water partition coefficient (Wildman–Crippen LogP) is 2.46. The Kier molecular flexibility index (Phi) is 7.58. The molecule has 0 aliphatic rings. The lowest BCUT2D eigenvalue weighted by Gasteiger charge is -2.22. The SMILES string of the molecule is COc1ccc(CNC(=O)C(NS(=O)(=O)c2ccccc2F)C(C)C)cc1OC. The Morgan fingerprint density at radius 2 is 1.72 bits per heavy atom. The van der Waals surface area contributed by atoms with E-state index >= 15 is 0 Å². The van der Waals surface area contributed by atoms with Crippen LogP contribution in [0.5, 0.6) is 11.5 Å². The van der Waals surface area contributed by atoms with E-state index in [0.29, 0.717) is 11.5 Å². The molecule has 29 heavy (non-hydrogen) atoms. The minimum Gasteiger partial charge on any atom is -0.493 e. The van der Waals surface area contributed by atoms with Gasteiger partial charge in [-0.3, -0.25) is 4.79 Å². The van der Waals surface area contributed by atoms with E-state index in [1.165, 1.54) is 26.4 Å². The van der Waals surface area contributed by atoms with Gasteiger partial charge in [0.2, 0.25) is 15.9 Å². The fourth-order valence-corrected chi connectivity index (χ4v) is 4.10. The highest BCUT2D eigenvalue weighted by atomic mass is 32.2. The Morgan fingerprint density at radius 3 is 2.31 bits per heavy atom. The number of hydrogen-bond acceptors (Lipinski definition) is 5. The molecule has 2 aromatic rings. The van der Waals surface area contributed by atoms with Gasteiger partial charge in [-0.25, -0.2) is 12.8 Å². The molecule has 0 aromatic heterocycles. The van der Waals surface area contributed by atoms with Gasteiger partial charge in [-0.1, -0.05) is 32.0 Å². The Bertz CT molecular complexity index is 963. The Labute approximate surface area is 170 Å². The monoisotopic (exact) mass is 424 g/mol. The molecule has 2 rings (SSSR count). The first-order valence-electron chi connectivity index (χ1n) is 8.95. The van der Waals surface area contributed by atoms with Crippen LogP contribution in [0.1, 0.15) is 19.4 Å². The second-order valence-electron chi connectivity index (χ2n) is 6.68. The summed E-state index contributed by atoms with van der Waals surface area (Å²) in [6, 6.07) is 9.12. The van der Waals surface area contributed by atoms with Gasteiger partial charge in [0.1, 0.15) is 16.8 Å². The van der Waals surface area contributed by atoms with E-state index in [1.807, 2.05) is 0 Å². The summed E-state index contributed by atoms with van der Waals surface area (Å²) in [7, 11) is -1.18. The van der Waals surface area contributed by atoms with Crippen LogP contribution in [0.3, 0.4) is 0 Å². The van der Waals surface area contributed by atoms with Crippen molar-refractivity contribution in [2.24, 2.45) is 5.92 Å². The molecule has 158 valence electrons. The minimum atomic E-state index is -4.21. The molecule has 1 atom stereocenters. The van der Waals surface area contributed by atoms with Crippen LogP contribution in [-0.2, 0) is 21.4 Å². The van der Waals surface area contributed by atoms with Gasteiger partial charge in [0, 0.05) is 6.54 Å². The van der Waals surface area contributed by atoms with Crippen LogP contribution in [0, 0.1) is 11.7 Å². The number of rotatable bonds is 9. The van der Waals surface area contributed by atoms with E-state index in [-0.39, 0.29) is 12.5 Å². The number of sulfonamides is 1. The van der Waals surface area contributed by atoms with Gasteiger partial charge in [-0.2, -0.15) is 4.72 Å². The molecular weight excluding hydrogens is 399 g/mol. The van der Waals surface area contributed by atoms with Crippen LogP contribution in [0.4, 0.5) is 4.39 Å². The third-order valence-corrected chi connectivity index (χ3v) is 5.75. The Balaban J connectivity index is 2.13. The summed E-state index contributed by atoms with van der Waals surface area (Å²) in [5.74, 6) is -0.690. The number of halogens is 1. The zero-order chi connectivity index (χ0) is 21.6. The van der Waals surface area contributed by atoms with E-state index in [2.05, 4.69) is 10.0 Å². The number of hydrogen-bond donors (Lipinski definition) is 2. The van der Waals surface area contributed by atoms with Gasteiger partial charge in [-0.15, -0.1) is 0 Å². The molecule has 1 amide bonds. The van der Waals surface area contributed by atoms with Crippen LogP contribution in [0.2, 0.25) is 0 Å². The highest BCUT2D eigenvalue weighted by Gasteiger charge is 2.29. The van der Waals surface area contributed by atoms with Crippen LogP contribution in [0.25, 0.3) is 0 Å². The standard InChI is InChI=1S/C20H25FN2O5S/c1-13(2)19(23-29(25,26)18-8-6-5-7-15(18)21)20(24)22-12-14-9-10-16(27-3)17(11-14)28-4/h5-11,13,19,23H,12H2,1-4H3,(H,22,24). The quantitative estimate of drug-likeness (QED) is 0.645. The van der Waals surface area contributed by atoms with Crippen molar-refractivity contribution >= 4 is 15.9 Å². The van der Waals surface area contributed by atoms with Gasteiger partial charge in [0.15, 0.2) is 11.5 Å². The van der Waals surface area contributed by atoms with Crippen molar-refractivity contribution in [2.75, 3.05) is 14.2 Å². The third-order valence-electron chi connectivity index (χ3n) is 4.27. The van der Waals surface area contributed by atoms with Crippen molar-refractivity contribution in [1.82, 2.24) is 10.0 Å². The maximum atomic E-state index is 13.9. The molecule has 1 unspecified atom stereocenters. The number of carbonyl (C=O) groups excluding carboxylic acids is 1. The molecule has 0 radical (unpaired) electrons. The van der Waals surface area contributed by atoms with Crippen LogP contribution < -0.4 is 19.5 Å². The normalized spacial score (nSPS) is 12.5. The van der Waals surface area contributed by atoms with E-state index in [9.17, 15) is 17.6 Å². The summed E-state index contributed by atoms with van der Waals surface area (Å²) in [5, 5.41) is 2.70. The summed E-state index contributed by atoms with van der Waals surface area (Å²) in [5.41, 5.74) is 0.746. The van der Waals surface area contributed by atoms with Gasteiger partial charge in [0.05, 0.1) is 14.2 Å². The van der Waals surface area contributed by atoms with E-state index in [0.717, 1.165) is 17.7 Å². The van der Waals surface area contributed by atoms with Gasteiger partial charge in [-0.05, 0) is 35.7 Å². The summed E-state index contributed by atoms with van der Waals surface area (Å²) >= 11 is 0. The number of amides is 1. The summed E-state index contributed by atoms with van der Waals surface area (Å²) in [6.45, 7) is 3.55. The van der Waals surface area contributed by atoms with Crippen molar-refractivity contribution < 1.29 is 27.1 Å². The highest BCUT2D eigenvalue weighted by Crippen LogP contribution is 2.27. The Morgan fingerprint density at radius 1 is 1.07 bits per heavy atom. The summed E-state index contributed by atoms with van der Waals surface area (Å²) in [4.78, 5) is 12.1. The van der Waals surface area contributed by atoms with E-state index in [4.69, 9.17) is 9.47 Å². The maximum Gasteiger partial charge on any atom is 0.244 e. The molecule has 2 N–H and O–H groups in total. The zero-order valence-corrected chi connectivity index (χ0v) is 17.5. The number of ether oxygens (including phenoxy) is 2. The first-order valence-corrected chi connectivity index (χ1v) is 10.4. The van der Waals surface area contributed by atoms with Crippen LogP contribution in [-0.4, -0.2) is 34.6 Å². The van der Waals surface area contributed by atoms with Crippen molar-refractivity contribution in [2.45, 2.75) is 31.3 Å². The van der Waals surface area contributed by atoms with Gasteiger partial charge >= 0.3 is 0 Å². The second-order valence-corrected chi connectivity index (χ2v) is 8.36. The lowest BCUT2D eigenvalue weighted by atomic mass is 10.0. The fourth-order valence-electron chi connectivity index (χ4n) is 2.68. The maximum absolute atomic E-state index is 13.9. The van der Waals surface area contributed by atoms with Crippen molar-refractivity contribution in [1.29, 1.82) is 0 Å². The molecule has 7 nitrogen and oxygen atoms in total. The zero-order valence-electron chi connectivity index (χ0n) is 16.7. The molecular formula is C20H25FN2O5S. The van der Waals surface area contributed by atoms with Gasteiger partial charge in [0.25, 0.3) is 0 Å². The molecule has 9 heteroatoms. The van der Waals surface area contributed by atoms with Crippen LogP contribution in [0.15, 0.2) is 47.4 Å². The molecule has 0 aliphatic carbocycles. The molecule has 0 bridgehead atoms. The predicted molar refractivity (Wildman–Crippen MR) is 107 cm³/mol. The van der Waals surface area contributed by atoms with E-state index in [1.54, 1.807) is 32.0 Å². The number of carbonyl (C=O) groups is 1. The first kappa shape index (κ1) is 22.6. The molecule has 0 fully saturated rings. The second kappa shape index (κ2) is 9.71. The minimum absolute atomic E-state index is 0.157. The molecule has 0 saturated heterocycles. The summed E-state index contributed by atoms with van der Waals surface area (Å²) < 4.78 is 51.7. The molecule has 0 heterocycles. The van der Waals surface area contributed by atoms with Crippen LogP contribution >= 0.6 is 0 Å². The molecule has 0 saturated carbocycles. The first-order chi connectivity index (χ1) is 13.7. The Hall–Kier alpha value is -2.65. The average Bonchev–Trinajstić information content (AvgIpc) is 2.70. The molecule has 2 aromatic carbocycles. The largest absolute Gasteiger partial charge is 0.493 e. The lowest BCUT2D eigenvalue weighted by molar-refractivity contribution is -0.123. The smallest absolute Gasteiger partial charge is 0.244 e. The number of benzene rings is 2. The highest BCUT2D eigenvalue weighted by molar-refractivity contribution is 7.89. The third kappa shape index (κ3) is 5.68. The van der Waals surface area contributed by atoms with Crippen molar-refractivity contribution in [3.63, 3.8) is 0 Å². The topological polar surface area (TPSA) is 93.7 Å². The average molecular weight is 424 g/mol. The van der Waals surface area contributed by atoms with Gasteiger partial charge < -0.3 is 14.8 Å². The molecule has 0 spiro atoms. The van der Waals surface area contributed by atoms with Crippen molar-refractivity contribution in [3.8, 4) is 11.5 Å². The summed E-state index contributed by atoms with van der Waals surface area (Å²) in [6.07, 6.45) is 0. The fraction of sp³-hybridized carbons (Fsp3) is 0.350.